The molecule has 1 amide bonds. The summed E-state index contributed by atoms with van der Waals surface area (Å²) in [6.07, 6.45) is -0.356. The molecule has 3 rings (SSSR count). The second-order valence-electron chi connectivity index (χ2n) is 8.30. The summed E-state index contributed by atoms with van der Waals surface area (Å²) >= 11 is 1.61. The Morgan fingerprint density at radius 1 is 0.906 bits per heavy atom. The summed E-state index contributed by atoms with van der Waals surface area (Å²) < 4.78 is 11.5. The number of rotatable bonds is 8. The lowest BCUT2D eigenvalue weighted by molar-refractivity contribution is 0.0209. The molecule has 0 aliphatic carbocycles. The van der Waals surface area contributed by atoms with E-state index in [0.717, 1.165) is 21.1 Å². The van der Waals surface area contributed by atoms with Gasteiger partial charge in [0.2, 0.25) is 0 Å². The molecule has 0 aliphatic heterocycles. The second kappa shape index (κ2) is 11.0. The molecule has 0 aliphatic rings. The molecule has 5 nitrogen and oxygen atoms in total. The van der Waals surface area contributed by atoms with Gasteiger partial charge in [-0.05, 0) is 74.9 Å². The number of phenolic OH excluding ortho intramolecular Hbond substituents is 1. The standard InChI is InChI=1S/C26H29NO4S/c1-26(2,3)31-25(29)27(19-20-7-5-4-6-8-20)17-18-30-22-11-15-24(16-12-22)32-23-13-9-21(28)10-14-23/h4-16,28H,17-19H2,1-3H3. The quantitative estimate of drug-likeness (QED) is 0.432. The van der Waals surface area contributed by atoms with E-state index in [1.807, 2.05) is 87.5 Å². The summed E-state index contributed by atoms with van der Waals surface area (Å²) in [6.45, 7) is 6.81. The third kappa shape index (κ3) is 7.85. The van der Waals surface area contributed by atoms with E-state index < -0.39 is 5.60 Å². The molecule has 0 saturated carbocycles. The number of benzene rings is 3. The van der Waals surface area contributed by atoms with Crippen LogP contribution in [0.15, 0.2) is 88.7 Å². The molecule has 1 N–H and O–H groups in total. The summed E-state index contributed by atoms with van der Waals surface area (Å²) in [5, 5.41) is 9.39. The average molecular weight is 452 g/mol. The topological polar surface area (TPSA) is 59.0 Å². The molecule has 0 fully saturated rings. The van der Waals surface area contributed by atoms with Gasteiger partial charge in [0.15, 0.2) is 0 Å². The van der Waals surface area contributed by atoms with Crippen molar-refractivity contribution in [3.63, 3.8) is 0 Å². The van der Waals surface area contributed by atoms with Crippen LogP contribution < -0.4 is 4.74 Å². The van der Waals surface area contributed by atoms with Gasteiger partial charge in [0.1, 0.15) is 23.7 Å². The molecule has 6 heteroatoms. The summed E-state index contributed by atoms with van der Waals surface area (Å²) in [4.78, 5) is 16.5. The van der Waals surface area contributed by atoms with Gasteiger partial charge in [0.25, 0.3) is 0 Å². The maximum Gasteiger partial charge on any atom is 0.410 e. The fourth-order valence-electron chi connectivity index (χ4n) is 2.89. The Morgan fingerprint density at radius 3 is 2.09 bits per heavy atom. The van der Waals surface area contributed by atoms with Crippen LogP contribution in [0.4, 0.5) is 4.79 Å². The van der Waals surface area contributed by atoms with E-state index in [0.29, 0.717) is 19.7 Å². The minimum Gasteiger partial charge on any atom is -0.508 e. The Bertz CT molecular complexity index is 983. The van der Waals surface area contributed by atoms with Gasteiger partial charge < -0.3 is 19.5 Å². The number of aromatic hydroxyl groups is 1. The van der Waals surface area contributed by atoms with E-state index in [2.05, 4.69) is 0 Å². The van der Waals surface area contributed by atoms with Crippen LogP contribution in [-0.4, -0.2) is 34.9 Å². The Labute approximate surface area is 194 Å². The van der Waals surface area contributed by atoms with Crippen molar-refractivity contribution in [2.24, 2.45) is 0 Å². The lowest BCUT2D eigenvalue weighted by atomic mass is 10.2. The van der Waals surface area contributed by atoms with Crippen LogP contribution >= 0.6 is 11.8 Å². The van der Waals surface area contributed by atoms with Crippen LogP contribution in [0.3, 0.4) is 0 Å². The highest BCUT2D eigenvalue weighted by molar-refractivity contribution is 7.99. The molecule has 3 aromatic carbocycles. The first kappa shape index (κ1) is 23.5. The molecular formula is C26H29NO4S. The van der Waals surface area contributed by atoms with Gasteiger partial charge in [-0.15, -0.1) is 0 Å². The van der Waals surface area contributed by atoms with Gasteiger partial charge in [-0.25, -0.2) is 4.79 Å². The molecule has 0 aromatic heterocycles. The first-order valence-electron chi connectivity index (χ1n) is 10.5. The van der Waals surface area contributed by atoms with E-state index in [4.69, 9.17) is 9.47 Å². The van der Waals surface area contributed by atoms with Crippen LogP contribution in [-0.2, 0) is 11.3 Å². The third-order valence-corrected chi connectivity index (χ3v) is 5.41. The number of phenols is 1. The minimum atomic E-state index is -0.558. The zero-order valence-corrected chi connectivity index (χ0v) is 19.5. The van der Waals surface area contributed by atoms with E-state index >= 15 is 0 Å². The van der Waals surface area contributed by atoms with Crippen LogP contribution in [0.1, 0.15) is 26.3 Å². The van der Waals surface area contributed by atoms with Gasteiger partial charge in [-0.1, -0.05) is 42.1 Å². The highest BCUT2D eigenvalue weighted by Crippen LogP contribution is 2.30. The number of ether oxygens (including phenoxy) is 2. The first-order chi connectivity index (χ1) is 15.3. The van der Waals surface area contributed by atoms with Crippen molar-refractivity contribution in [1.82, 2.24) is 4.90 Å². The van der Waals surface area contributed by atoms with Crippen molar-refractivity contribution in [3.05, 3.63) is 84.4 Å². The zero-order valence-electron chi connectivity index (χ0n) is 18.7. The Morgan fingerprint density at radius 2 is 1.50 bits per heavy atom. The highest BCUT2D eigenvalue weighted by Gasteiger charge is 2.22. The predicted molar refractivity (Wildman–Crippen MR) is 127 cm³/mol. The van der Waals surface area contributed by atoms with E-state index in [1.54, 1.807) is 28.8 Å². The number of carbonyl (C=O) groups excluding carboxylic acids is 1. The van der Waals surface area contributed by atoms with Gasteiger partial charge >= 0.3 is 6.09 Å². The van der Waals surface area contributed by atoms with Gasteiger partial charge in [0.05, 0.1) is 6.54 Å². The normalized spacial score (nSPS) is 11.1. The first-order valence-corrected chi connectivity index (χ1v) is 11.3. The summed E-state index contributed by atoms with van der Waals surface area (Å²) in [6, 6.07) is 24.7. The third-order valence-electron chi connectivity index (χ3n) is 4.39. The minimum absolute atomic E-state index is 0.255. The van der Waals surface area contributed by atoms with Crippen molar-refractivity contribution in [1.29, 1.82) is 0 Å². The number of amides is 1. The predicted octanol–water partition coefficient (Wildman–Crippen LogP) is 6.36. The maximum atomic E-state index is 12.7. The Hall–Kier alpha value is -3.12. The molecule has 32 heavy (non-hydrogen) atoms. The van der Waals surface area contributed by atoms with Crippen LogP contribution in [0.5, 0.6) is 11.5 Å². The van der Waals surface area contributed by atoms with Crippen molar-refractivity contribution in [3.8, 4) is 11.5 Å². The Balaban J connectivity index is 1.55. The second-order valence-corrected chi connectivity index (χ2v) is 9.45. The smallest absolute Gasteiger partial charge is 0.410 e. The van der Waals surface area contributed by atoms with E-state index in [1.165, 1.54) is 0 Å². The molecule has 3 aromatic rings. The van der Waals surface area contributed by atoms with E-state index in [9.17, 15) is 9.90 Å². The zero-order chi connectivity index (χ0) is 23.0. The van der Waals surface area contributed by atoms with Crippen LogP contribution in [0.25, 0.3) is 0 Å². The SMILES string of the molecule is CC(C)(C)OC(=O)N(CCOc1ccc(Sc2ccc(O)cc2)cc1)Cc1ccccc1. The molecule has 0 unspecified atom stereocenters. The fourth-order valence-corrected chi connectivity index (χ4v) is 3.71. The summed E-state index contributed by atoms with van der Waals surface area (Å²) in [5.74, 6) is 0.995. The van der Waals surface area contributed by atoms with Gasteiger partial charge in [-0.3, -0.25) is 0 Å². The fraction of sp³-hybridized carbons (Fsp3) is 0.269. The van der Waals surface area contributed by atoms with Crippen LogP contribution in [0, 0.1) is 0 Å². The molecule has 0 spiro atoms. The van der Waals surface area contributed by atoms with Crippen molar-refractivity contribution in [2.75, 3.05) is 13.2 Å². The number of carbonyl (C=O) groups is 1. The number of hydrogen-bond donors (Lipinski definition) is 1. The van der Waals surface area contributed by atoms with E-state index in [-0.39, 0.29) is 11.8 Å². The molecule has 0 bridgehead atoms. The molecule has 0 atom stereocenters. The average Bonchev–Trinajstić information content (AvgIpc) is 2.75. The molecule has 0 heterocycles. The van der Waals surface area contributed by atoms with Crippen LogP contribution in [0.2, 0.25) is 0 Å². The Kier molecular flexibility index (Phi) is 8.06. The van der Waals surface area contributed by atoms with Crippen molar-refractivity contribution in [2.45, 2.75) is 42.7 Å². The number of hydrogen-bond acceptors (Lipinski definition) is 5. The maximum absolute atomic E-state index is 12.7. The lowest BCUT2D eigenvalue weighted by Crippen LogP contribution is -2.38. The molecule has 168 valence electrons. The highest BCUT2D eigenvalue weighted by atomic mass is 32.2. The summed E-state index contributed by atoms with van der Waals surface area (Å²) in [7, 11) is 0. The van der Waals surface area contributed by atoms with Crippen molar-refractivity contribution >= 4 is 17.9 Å². The lowest BCUT2D eigenvalue weighted by Gasteiger charge is -2.27. The molecule has 0 saturated heterocycles. The number of nitrogens with zero attached hydrogens (tertiary/aromatic N) is 1. The summed E-state index contributed by atoms with van der Waals surface area (Å²) in [5.41, 5.74) is 0.478. The largest absolute Gasteiger partial charge is 0.508 e. The van der Waals surface area contributed by atoms with Gasteiger partial charge in [0, 0.05) is 16.3 Å². The molecular weight excluding hydrogens is 422 g/mol. The molecule has 0 radical (unpaired) electrons. The van der Waals surface area contributed by atoms with Crippen molar-refractivity contribution < 1.29 is 19.4 Å². The van der Waals surface area contributed by atoms with Gasteiger partial charge in [-0.2, -0.15) is 0 Å². The monoisotopic (exact) mass is 451 g/mol.